The molecule has 0 unspecified atom stereocenters. The second-order valence-electron chi connectivity index (χ2n) is 2.03. The Hall–Kier alpha value is -1.13. The number of halogens is 1. The summed E-state index contributed by atoms with van der Waals surface area (Å²) < 4.78 is 0. The van der Waals surface area contributed by atoms with Crippen molar-refractivity contribution >= 4 is 17.5 Å². The van der Waals surface area contributed by atoms with Crippen LogP contribution in [0.3, 0.4) is 0 Å². The van der Waals surface area contributed by atoms with Gasteiger partial charge in [-0.05, 0) is 12.1 Å². The van der Waals surface area contributed by atoms with Crippen molar-refractivity contribution in [3.63, 3.8) is 0 Å². The minimum atomic E-state index is -0.390. The summed E-state index contributed by atoms with van der Waals surface area (Å²) in [5.74, 6) is -0.373. The molecule has 1 rings (SSSR count). The Bertz CT molecular complexity index is 290. The molecule has 2 N–H and O–H groups in total. The summed E-state index contributed by atoms with van der Waals surface area (Å²) in [6.07, 6.45) is 1.43. The number of rotatable bonds is 2. The highest BCUT2D eigenvalue weighted by molar-refractivity contribution is 6.29. The third-order valence-electron chi connectivity index (χ3n) is 1.23. The average molecular weight is 187 g/mol. The van der Waals surface area contributed by atoms with Crippen LogP contribution < -0.4 is 5.32 Å². The van der Waals surface area contributed by atoms with E-state index in [1.54, 1.807) is 0 Å². The molecule has 0 atom stereocenters. The fourth-order valence-electron chi connectivity index (χ4n) is 0.718. The van der Waals surface area contributed by atoms with Gasteiger partial charge < -0.3 is 10.4 Å². The molecule has 64 valence electrons. The zero-order chi connectivity index (χ0) is 8.97. The van der Waals surface area contributed by atoms with E-state index in [4.69, 9.17) is 16.7 Å². The van der Waals surface area contributed by atoms with E-state index < -0.39 is 6.73 Å². The maximum Gasteiger partial charge on any atom is 0.253 e. The second kappa shape index (κ2) is 4.04. The molecule has 0 fully saturated rings. The minimum absolute atomic E-state index is 0.251. The highest BCUT2D eigenvalue weighted by atomic mass is 35.5. The van der Waals surface area contributed by atoms with Crippen molar-refractivity contribution in [2.75, 3.05) is 6.73 Å². The molecule has 0 spiro atoms. The molecule has 1 aromatic rings. The first-order valence-corrected chi connectivity index (χ1v) is 3.62. The van der Waals surface area contributed by atoms with Crippen molar-refractivity contribution in [1.82, 2.24) is 10.3 Å². The molecule has 0 saturated carbocycles. The highest BCUT2D eigenvalue weighted by Crippen LogP contribution is 2.06. The van der Waals surface area contributed by atoms with Crippen molar-refractivity contribution in [2.45, 2.75) is 0 Å². The fourth-order valence-corrected chi connectivity index (χ4v) is 0.891. The second-order valence-corrected chi connectivity index (χ2v) is 2.42. The zero-order valence-electron chi connectivity index (χ0n) is 6.12. The largest absolute Gasteiger partial charge is 0.376 e. The Morgan fingerprint density at radius 3 is 3.08 bits per heavy atom. The Morgan fingerprint density at radius 2 is 2.50 bits per heavy atom. The molecule has 1 aromatic heterocycles. The van der Waals surface area contributed by atoms with Crippen LogP contribution in [0.25, 0.3) is 0 Å². The lowest BCUT2D eigenvalue weighted by Crippen LogP contribution is -2.23. The Labute approximate surface area is 74.2 Å². The SMILES string of the molecule is O=C(NCO)c1ccnc(Cl)c1. The van der Waals surface area contributed by atoms with E-state index in [2.05, 4.69) is 10.3 Å². The van der Waals surface area contributed by atoms with Crippen LogP contribution in [0.1, 0.15) is 10.4 Å². The average Bonchev–Trinajstić information content (AvgIpc) is 2.05. The van der Waals surface area contributed by atoms with Gasteiger partial charge in [-0.1, -0.05) is 11.6 Å². The molecule has 12 heavy (non-hydrogen) atoms. The van der Waals surface area contributed by atoms with E-state index in [0.29, 0.717) is 5.56 Å². The van der Waals surface area contributed by atoms with E-state index >= 15 is 0 Å². The number of hydrogen-bond acceptors (Lipinski definition) is 3. The van der Waals surface area contributed by atoms with E-state index in [-0.39, 0.29) is 11.1 Å². The standard InChI is InChI=1S/C7H7ClN2O2/c8-6-3-5(1-2-9-6)7(12)10-4-11/h1-3,11H,4H2,(H,10,12). The van der Waals surface area contributed by atoms with Crippen molar-refractivity contribution in [3.05, 3.63) is 29.0 Å². The van der Waals surface area contributed by atoms with Crippen molar-refractivity contribution in [3.8, 4) is 0 Å². The smallest absolute Gasteiger partial charge is 0.253 e. The molecule has 0 bridgehead atoms. The van der Waals surface area contributed by atoms with Gasteiger partial charge in [-0.2, -0.15) is 0 Å². The van der Waals surface area contributed by atoms with Crippen LogP contribution in [0.4, 0.5) is 0 Å². The number of hydrogen-bond donors (Lipinski definition) is 2. The molecule has 0 aliphatic rings. The number of carbonyl (C=O) groups excluding carboxylic acids is 1. The van der Waals surface area contributed by atoms with Crippen LogP contribution in [-0.4, -0.2) is 22.7 Å². The van der Waals surface area contributed by atoms with Crippen LogP contribution >= 0.6 is 11.6 Å². The van der Waals surface area contributed by atoms with Gasteiger partial charge in [-0.15, -0.1) is 0 Å². The minimum Gasteiger partial charge on any atom is -0.376 e. The molecule has 1 amide bonds. The number of amides is 1. The zero-order valence-corrected chi connectivity index (χ0v) is 6.88. The summed E-state index contributed by atoms with van der Waals surface area (Å²) in [5, 5.41) is 10.9. The highest BCUT2D eigenvalue weighted by Gasteiger charge is 2.03. The summed E-state index contributed by atoms with van der Waals surface area (Å²) in [4.78, 5) is 14.7. The molecular formula is C7H7ClN2O2. The quantitative estimate of drug-likeness (QED) is 0.520. The Morgan fingerprint density at radius 1 is 1.75 bits per heavy atom. The van der Waals surface area contributed by atoms with Crippen LogP contribution in [0, 0.1) is 0 Å². The van der Waals surface area contributed by atoms with Crippen molar-refractivity contribution in [2.24, 2.45) is 0 Å². The molecule has 0 saturated heterocycles. The predicted octanol–water partition coefficient (Wildman–Crippen LogP) is 0.415. The number of carbonyl (C=O) groups is 1. The van der Waals surface area contributed by atoms with E-state index in [1.165, 1.54) is 18.3 Å². The number of nitrogens with zero attached hydrogens (tertiary/aromatic N) is 1. The van der Waals surface area contributed by atoms with Crippen LogP contribution in [-0.2, 0) is 0 Å². The summed E-state index contributed by atoms with van der Waals surface area (Å²) in [6, 6.07) is 2.93. The van der Waals surface area contributed by atoms with Crippen molar-refractivity contribution < 1.29 is 9.90 Å². The van der Waals surface area contributed by atoms with Crippen LogP contribution in [0.15, 0.2) is 18.3 Å². The van der Waals surface area contributed by atoms with E-state index in [1.807, 2.05) is 0 Å². The third-order valence-corrected chi connectivity index (χ3v) is 1.44. The number of pyridine rings is 1. The third kappa shape index (κ3) is 2.18. The lowest BCUT2D eigenvalue weighted by molar-refractivity contribution is 0.0910. The molecule has 0 aromatic carbocycles. The van der Waals surface area contributed by atoms with Gasteiger partial charge >= 0.3 is 0 Å². The number of aromatic nitrogens is 1. The van der Waals surface area contributed by atoms with Gasteiger partial charge in [0, 0.05) is 11.8 Å². The Kier molecular flexibility index (Phi) is 3.01. The molecule has 5 heteroatoms. The topological polar surface area (TPSA) is 62.2 Å². The van der Waals surface area contributed by atoms with Gasteiger partial charge in [0.05, 0.1) is 0 Å². The van der Waals surface area contributed by atoms with Crippen LogP contribution in [0.5, 0.6) is 0 Å². The molecule has 4 nitrogen and oxygen atoms in total. The first kappa shape index (κ1) is 8.96. The van der Waals surface area contributed by atoms with Gasteiger partial charge in [-0.3, -0.25) is 4.79 Å². The Balaban J connectivity index is 2.81. The van der Waals surface area contributed by atoms with Gasteiger partial charge in [-0.25, -0.2) is 4.98 Å². The normalized spacial score (nSPS) is 9.50. The maximum atomic E-state index is 11.0. The predicted molar refractivity (Wildman–Crippen MR) is 43.8 cm³/mol. The van der Waals surface area contributed by atoms with Gasteiger partial charge in [0.25, 0.3) is 5.91 Å². The summed E-state index contributed by atoms with van der Waals surface area (Å²) >= 11 is 5.54. The monoisotopic (exact) mass is 186 g/mol. The number of aliphatic hydroxyl groups is 1. The van der Waals surface area contributed by atoms with Gasteiger partial charge in [0.1, 0.15) is 11.9 Å². The fraction of sp³-hybridized carbons (Fsp3) is 0.143. The number of nitrogens with one attached hydrogen (secondary N) is 1. The molecule has 0 aliphatic heterocycles. The van der Waals surface area contributed by atoms with Gasteiger partial charge in [0.2, 0.25) is 0 Å². The first-order chi connectivity index (χ1) is 5.74. The molecule has 0 aliphatic carbocycles. The molecule has 1 heterocycles. The lowest BCUT2D eigenvalue weighted by Gasteiger charge is -2.00. The molecular weight excluding hydrogens is 180 g/mol. The maximum absolute atomic E-state index is 11.0. The van der Waals surface area contributed by atoms with Crippen molar-refractivity contribution in [1.29, 1.82) is 0 Å². The summed E-state index contributed by atoms with van der Waals surface area (Å²) in [7, 11) is 0. The summed E-state index contributed by atoms with van der Waals surface area (Å²) in [6.45, 7) is -0.390. The number of aliphatic hydroxyl groups excluding tert-OH is 1. The lowest BCUT2D eigenvalue weighted by atomic mass is 10.2. The van der Waals surface area contributed by atoms with E-state index in [0.717, 1.165) is 0 Å². The van der Waals surface area contributed by atoms with Gasteiger partial charge in [0.15, 0.2) is 0 Å². The summed E-state index contributed by atoms with van der Waals surface area (Å²) in [5.41, 5.74) is 0.379. The van der Waals surface area contributed by atoms with E-state index in [9.17, 15) is 4.79 Å². The van der Waals surface area contributed by atoms with Crippen LogP contribution in [0.2, 0.25) is 5.15 Å². The first-order valence-electron chi connectivity index (χ1n) is 3.24. The molecule has 0 radical (unpaired) electrons.